The lowest BCUT2D eigenvalue weighted by Gasteiger charge is -2.17. The van der Waals surface area contributed by atoms with E-state index in [0.29, 0.717) is 33.0 Å². The van der Waals surface area contributed by atoms with Crippen LogP contribution < -0.4 is 15.2 Å². The molecule has 34 heavy (non-hydrogen) atoms. The van der Waals surface area contributed by atoms with Crippen LogP contribution in [0, 0.1) is 6.92 Å². The van der Waals surface area contributed by atoms with Crippen LogP contribution in [-0.4, -0.2) is 19.5 Å². The Morgan fingerprint density at radius 1 is 1.24 bits per heavy atom. The first-order valence-corrected chi connectivity index (χ1v) is 11.8. The van der Waals surface area contributed by atoms with Crippen molar-refractivity contribution in [2.75, 3.05) is 0 Å². The van der Waals surface area contributed by atoms with Crippen molar-refractivity contribution in [2.45, 2.75) is 33.2 Å². The Kier molecular flexibility index (Phi) is 5.66. The van der Waals surface area contributed by atoms with Gasteiger partial charge in [-0.05, 0) is 30.7 Å². The molecule has 0 fully saturated rings. The lowest BCUT2D eigenvalue weighted by molar-refractivity contribution is -0.707. The molecule has 0 radical (unpaired) electrons. The van der Waals surface area contributed by atoms with E-state index in [0.717, 1.165) is 10.4 Å². The number of aryl methyl sites for hydroxylation is 1. The Hall–Kier alpha value is -3.56. The highest BCUT2D eigenvalue weighted by Crippen LogP contribution is 2.28. The molecule has 8 nitrogen and oxygen atoms in total. The fraction of sp³-hybridized carbons (Fsp3) is 0.208. The second-order valence-electron chi connectivity index (χ2n) is 8.23. The molecule has 0 bridgehead atoms. The van der Waals surface area contributed by atoms with Gasteiger partial charge in [-0.15, -0.1) is 11.3 Å². The summed E-state index contributed by atoms with van der Waals surface area (Å²) in [5.74, 6) is 0.622. The van der Waals surface area contributed by atoms with Crippen molar-refractivity contribution in [1.29, 1.82) is 0 Å². The molecular weight excluding hydrogens is 474 g/mol. The van der Waals surface area contributed by atoms with Crippen LogP contribution in [-0.2, 0) is 6.54 Å². The molecule has 5 rings (SSSR count). The number of hydrogen-bond donors (Lipinski definition) is 0. The predicted molar refractivity (Wildman–Crippen MR) is 127 cm³/mol. The van der Waals surface area contributed by atoms with Gasteiger partial charge in [0.15, 0.2) is 4.47 Å². The van der Waals surface area contributed by atoms with E-state index in [1.807, 2.05) is 32.9 Å². The van der Waals surface area contributed by atoms with E-state index in [1.165, 1.54) is 15.7 Å². The molecule has 10 heteroatoms. The Bertz CT molecular complexity index is 1590. The smallest absolute Gasteiger partial charge is 0.349 e. The van der Waals surface area contributed by atoms with Crippen LogP contribution in [0.3, 0.4) is 0 Å². The second-order valence-corrected chi connectivity index (χ2v) is 9.92. The largest absolute Gasteiger partial charge is 0.842 e. The van der Waals surface area contributed by atoms with Crippen LogP contribution in [0.15, 0.2) is 58.1 Å². The number of pyridine rings is 1. The Labute approximate surface area is 203 Å². The summed E-state index contributed by atoms with van der Waals surface area (Å²) >= 11 is 7.31. The molecule has 172 valence electrons. The highest BCUT2D eigenvalue weighted by molar-refractivity contribution is 7.15. The summed E-state index contributed by atoms with van der Waals surface area (Å²) in [6, 6.07) is 10.7. The maximum Gasteiger partial charge on any atom is 0.349 e. The summed E-state index contributed by atoms with van der Waals surface area (Å²) < 4.78 is 8.82. The molecule has 0 aliphatic heterocycles. The minimum absolute atomic E-state index is 0.0631. The van der Waals surface area contributed by atoms with E-state index in [2.05, 4.69) is 15.1 Å². The molecule has 0 saturated carbocycles. The third-order valence-electron chi connectivity index (χ3n) is 5.49. The molecule has 0 unspecified atom stereocenters. The normalized spacial score (nSPS) is 11.6. The van der Waals surface area contributed by atoms with Crippen LogP contribution in [0.25, 0.3) is 28.2 Å². The maximum absolute atomic E-state index is 13.8. The van der Waals surface area contributed by atoms with Crippen LogP contribution in [0.4, 0.5) is 0 Å². The van der Waals surface area contributed by atoms with Gasteiger partial charge in [-0.25, -0.2) is 14.3 Å². The molecule has 0 atom stereocenters. The number of benzene rings is 1. The van der Waals surface area contributed by atoms with Gasteiger partial charge in [0.1, 0.15) is 12.1 Å². The number of nitrogens with zero attached hydrogens (tertiary/aromatic N) is 5. The quantitative estimate of drug-likeness (QED) is 0.343. The van der Waals surface area contributed by atoms with Crippen molar-refractivity contribution >= 4 is 28.6 Å². The number of aromatic nitrogens is 5. The van der Waals surface area contributed by atoms with Crippen LogP contribution in [0.1, 0.15) is 36.1 Å². The number of rotatable bonds is 5. The molecule has 4 heterocycles. The van der Waals surface area contributed by atoms with Crippen molar-refractivity contribution in [3.8, 4) is 28.4 Å². The summed E-state index contributed by atoms with van der Waals surface area (Å²) in [5, 5.41) is 17.8. The second kappa shape index (κ2) is 8.66. The SMILES string of the molecule is Cc1cccn2c(=O)c(-c3cccc(-c4noc(C(C)C)n4)c3)c([O-])[n+](Cc3cnc(Cl)s3)c12. The Balaban J connectivity index is 1.72. The predicted octanol–water partition coefficient (Wildman–Crippen LogP) is 3.97. The summed E-state index contributed by atoms with van der Waals surface area (Å²) in [5.41, 5.74) is 2.14. The third kappa shape index (κ3) is 3.86. The van der Waals surface area contributed by atoms with Gasteiger partial charge in [0.05, 0.1) is 17.0 Å². The number of halogens is 1. The topological polar surface area (TPSA) is 100 Å². The number of thiazole rings is 1. The lowest BCUT2D eigenvalue weighted by atomic mass is 10.0. The standard InChI is InChI=1S/C24H20ClN5O3S/c1-13(2)20-27-19(28-33-20)16-8-4-7-15(10-16)18-22(31)29-9-5-6-14(3)21(29)30(23(18)32)12-17-11-26-24(25)34-17/h4-11,13H,12H2,1-3H3. The molecule has 0 saturated heterocycles. The number of fused-ring (bicyclic) bond motifs is 1. The molecule has 0 aliphatic rings. The van der Waals surface area contributed by atoms with Gasteiger partial charge >= 0.3 is 5.56 Å². The molecule has 0 spiro atoms. The van der Waals surface area contributed by atoms with E-state index in [4.69, 9.17) is 16.1 Å². The van der Waals surface area contributed by atoms with Crippen molar-refractivity contribution in [3.05, 3.63) is 79.9 Å². The summed E-state index contributed by atoms with van der Waals surface area (Å²) in [7, 11) is 0. The highest BCUT2D eigenvalue weighted by atomic mass is 35.5. The first-order valence-electron chi connectivity index (χ1n) is 10.6. The lowest BCUT2D eigenvalue weighted by Crippen LogP contribution is -2.44. The fourth-order valence-electron chi connectivity index (χ4n) is 3.87. The van der Waals surface area contributed by atoms with Crippen LogP contribution in [0.5, 0.6) is 5.88 Å². The molecule has 4 aromatic heterocycles. The molecule has 1 aromatic carbocycles. The summed E-state index contributed by atoms with van der Waals surface area (Å²) in [6.07, 6.45) is 3.31. The fourth-order valence-corrected chi connectivity index (χ4v) is 4.83. The highest BCUT2D eigenvalue weighted by Gasteiger charge is 2.23. The van der Waals surface area contributed by atoms with Gasteiger partial charge < -0.3 is 9.63 Å². The average Bonchev–Trinajstić information content (AvgIpc) is 3.47. The van der Waals surface area contributed by atoms with Gasteiger partial charge in [0, 0.05) is 23.2 Å². The van der Waals surface area contributed by atoms with Gasteiger partial charge in [-0.1, -0.05) is 48.8 Å². The molecule has 0 amide bonds. The van der Waals surface area contributed by atoms with E-state index in [-0.39, 0.29) is 18.0 Å². The third-order valence-corrected chi connectivity index (χ3v) is 6.59. The zero-order chi connectivity index (χ0) is 24.0. The van der Waals surface area contributed by atoms with Crippen molar-refractivity contribution in [3.63, 3.8) is 0 Å². The van der Waals surface area contributed by atoms with Crippen molar-refractivity contribution < 1.29 is 14.2 Å². The van der Waals surface area contributed by atoms with Gasteiger partial charge in [-0.3, -0.25) is 0 Å². The molecule has 5 aromatic rings. The molecule has 0 N–H and O–H groups in total. The molecular formula is C24H20ClN5O3S. The zero-order valence-electron chi connectivity index (χ0n) is 18.7. The monoisotopic (exact) mass is 493 g/mol. The minimum Gasteiger partial charge on any atom is -0.842 e. The minimum atomic E-state index is -0.393. The summed E-state index contributed by atoms with van der Waals surface area (Å²) in [6.45, 7) is 6.04. The van der Waals surface area contributed by atoms with Crippen molar-refractivity contribution in [2.24, 2.45) is 0 Å². The van der Waals surface area contributed by atoms with Crippen LogP contribution in [0.2, 0.25) is 4.47 Å². The van der Waals surface area contributed by atoms with Crippen molar-refractivity contribution in [1.82, 2.24) is 19.5 Å². The maximum atomic E-state index is 13.8. The number of hydrogen-bond acceptors (Lipinski definition) is 7. The zero-order valence-corrected chi connectivity index (χ0v) is 20.2. The van der Waals surface area contributed by atoms with E-state index in [9.17, 15) is 9.90 Å². The first kappa shape index (κ1) is 22.2. The Morgan fingerprint density at radius 3 is 2.74 bits per heavy atom. The van der Waals surface area contributed by atoms with E-state index >= 15 is 0 Å². The van der Waals surface area contributed by atoms with Crippen LogP contribution >= 0.6 is 22.9 Å². The van der Waals surface area contributed by atoms with Gasteiger partial charge in [0.25, 0.3) is 5.65 Å². The molecule has 0 aliphatic carbocycles. The average molecular weight is 494 g/mol. The van der Waals surface area contributed by atoms with E-state index < -0.39 is 11.4 Å². The van der Waals surface area contributed by atoms with Gasteiger partial charge in [0.2, 0.25) is 11.7 Å². The summed E-state index contributed by atoms with van der Waals surface area (Å²) in [4.78, 5) is 22.8. The Morgan fingerprint density at radius 2 is 2.03 bits per heavy atom. The first-order chi connectivity index (χ1) is 16.3. The van der Waals surface area contributed by atoms with E-state index in [1.54, 1.807) is 41.2 Å². The van der Waals surface area contributed by atoms with Gasteiger partial charge in [-0.2, -0.15) is 9.38 Å².